The normalized spacial score (nSPS) is 13.0. The molecule has 1 aliphatic rings. The molecule has 4 nitrogen and oxygen atoms in total. The number of aliphatic imine (C=N–C) groups is 1. The minimum absolute atomic E-state index is 0.283. The monoisotopic (exact) mass is 420 g/mol. The maximum absolute atomic E-state index is 6.17. The van der Waals surface area contributed by atoms with Crippen LogP contribution in [0.25, 0.3) is 5.69 Å². The van der Waals surface area contributed by atoms with Crippen molar-refractivity contribution in [2.24, 2.45) is 4.99 Å². The molecule has 0 N–H and O–H groups in total. The Morgan fingerprint density at radius 1 is 1.12 bits per heavy atom. The Hall–Kier alpha value is -1.69. The summed E-state index contributed by atoms with van der Waals surface area (Å²) < 4.78 is 2.95. The van der Waals surface area contributed by atoms with Crippen LogP contribution in [0.5, 0.6) is 0 Å². The summed E-state index contributed by atoms with van der Waals surface area (Å²) in [5, 5.41) is 9.10. The van der Waals surface area contributed by atoms with Crippen LogP contribution in [0.2, 0.25) is 5.02 Å². The molecule has 1 aromatic heterocycles. The second-order valence-electron chi connectivity index (χ2n) is 5.34. The minimum Gasteiger partial charge on any atom is -0.280 e. The van der Waals surface area contributed by atoms with Gasteiger partial charge in [-0.15, -0.1) is 21.8 Å². The Morgan fingerprint density at radius 3 is 2.79 bits per heavy atom. The lowest BCUT2D eigenvalue weighted by atomic mass is 10.0. The van der Waals surface area contributed by atoms with Crippen molar-refractivity contribution < 1.29 is 0 Å². The van der Waals surface area contributed by atoms with Crippen LogP contribution < -0.4 is 0 Å². The van der Waals surface area contributed by atoms with Gasteiger partial charge in [0, 0.05) is 20.6 Å². The highest BCUT2D eigenvalue weighted by molar-refractivity contribution is 9.10. The Labute approximate surface area is 157 Å². The number of hydrogen-bond donors (Lipinski definition) is 0. The van der Waals surface area contributed by atoms with Crippen molar-refractivity contribution in [3.63, 3.8) is 0 Å². The highest BCUT2D eigenvalue weighted by Gasteiger charge is 2.22. The number of aromatic nitrogens is 3. The van der Waals surface area contributed by atoms with Gasteiger partial charge in [0.25, 0.3) is 0 Å². The summed E-state index contributed by atoms with van der Waals surface area (Å²) in [6.07, 6.45) is 0. The first-order valence-electron chi connectivity index (χ1n) is 7.27. The van der Waals surface area contributed by atoms with Gasteiger partial charge in [0.1, 0.15) is 6.54 Å². The first kappa shape index (κ1) is 15.8. The molecule has 0 aliphatic carbocycles. The number of alkyl halides is 1. The highest BCUT2D eigenvalue weighted by atomic mass is 79.9. The summed E-state index contributed by atoms with van der Waals surface area (Å²) in [7, 11) is 0. The lowest BCUT2D eigenvalue weighted by Crippen LogP contribution is -2.09. The predicted molar refractivity (Wildman–Crippen MR) is 99.4 cm³/mol. The molecule has 0 unspecified atom stereocenters. The first-order valence-corrected chi connectivity index (χ1v) is 8.98. The van der Waals surface area contributed by atoms with E-state index in [9.17, 15) is 0 Å². The van der Waals surface area contributed by atoms with Crippen LogP contribution in [0.4, 0.5) is 0 Å². The van der Waals surface area contributed by atoms with Gasteiger partial charge in [-0.2, -0.15) is 0 Å². The molecular weight excluding hydrogens is 411 g/mol. The number of hydrogen-bond acceptors (Lipinski definition) is 3. The van der Waals surface area contributed by atoms with E-state index < -0.39 is 0 Å². The van der Waals surface area contributed by atoms with Crippen molar-refractivity contribution in [2.45, 2.75) is 12.4 Å². The molecule has 1 aliphatic heterocycles. The van der Waals surface area contributed by atoms with E-state index >= 15 is 0 Å². The van der Waals surface area contributed by atoms with Crippen LogP contribution in [0.15, 0.2) is 51.9 Å². The zero-order valence-electron chi connectivity index (χ0n) is 12.4. The molecule has 2 heterocycles. The maximum Gasteiger partial charge on any atom is 0.159 e. The first-order chi connectivity index (χ1) is 11.7. The Kier molecular flexibility index (Phi) is 4.16. The lowest BCUT2D eigenvalue weighted by molar-refractivity contribution is 0.858. The van der Waals surface area contributed by atoms with E-state index in [1.807, 2.05) is 47.0 Å². The summed E-state index contributed by atoms with van der Waals surface area (Å²) in [5.74, 6) is 1.75. The van der Waals surface area contributed by atoms with Crippen molar-refractivity contribution in [3.8, 4) is 5.69 Å². The molecule has 24 heavy (non-hydrogen) atoms. The van der Waals surface area contributed by atoms with Gasteiger partial charge in [0.15, 0.2) is 11.6 Å². The number of benzene rings is 2. The summed E-state index contributed by atoms with van der Waals surface area (Å²) in [5.41, 5.74) is 3.80. The second-order valence-corrected chi connectivity index (χ2v) is 6.96. The zero-order valence-corrected chi connectivity index (χ0v) is 15.5. The average Bonchev–Trinajstić information content (AvgIpc) is 2.92. The van der Waals surface area contributed by atoms with Crippen molar-refractivity contribution in [2.75, 3.05) is 0 Å². The topological polar surface area (TPSA) is 43.1 Å². The van der Waals surface area contributed by atoms with E-state index in [1.54, 1.807) is 0 Å². The van der Waals surface area contributed by atoms with Crippen LogP contribution in [0.3, 0.4) is 0 Å². The Balaban J connectivity index is 1.99. The van der Waals surface area contributed by atoms with E-state index in [-0.39, 0.29) is 5.88 Å². The maximum atomic E-state index is 6.17. The molecular formula is C17H11BrCl2N4. The molecule has 0 fully saturated rings. The minimum atomic E-state index is 0.283. The molecule has 2 aromatic carbocycles. The second kappa shape index (κ2) is 6.31. The van der Waals surface area contributed by atoms with E-state index in [0.717, 1.165) is 32.8 Å². The summed E-state index contributed by atoms with van der Waals surface area (Å²) in [4.78, 5) is 4.77. The molecule has 0 amide bonds. The van der Waals surface area contributed by atoms with Gasteiger partial charge in [-0.3, -0.25) is 9.56 Å². The molecule has 4 rings (SSSR count). The van der Waals surface area contributed by atoms with Gasteiger partial charge in [-0.05, 0) is 30.3 Å². The van der Waals surface area contributed by atoms with E-state index in [2.05, 4.69) is 26.1 Å². The lowest BCUT2D eigenvalue weighted by Gasteiger charge is -2.13. The molecule has 0 radical (unpaired) electrons. The van der Waals surface area contributed by atoms with Gasteiger partial charge >= 0.3 is 0 Å². The van der Waals surface area contributed by atoms with Crippen LogP contribution in [-0.2, 0) is 12.4 Å². The molecule has 0 saturated heterocycles. The third-order valence-corrected chi connectivity index (χ3v) is 4.82. The summed E-state index contributed by atoms with van der Waals surface area (Å²) in [6, 6.07) is 13.8. The van der Waals surface area contributed by atoms with Crippen molar-refractivity contribution >= 4 is 44.8 Å². The van der Waals surface area contributed by atoms with Gasteiger partial charge in [0.05, 0.1) is 17.3 Å². The highest BCUT2D eigenvalue weighted by Crippen LogP contribution is 2.29. The third kappa shape index (κ3) is 2.66. The third-order valence-electron chi connectivity index (χ3n) is 3.85. The van der Waals surface area contributed by atoms with Crippen LogP contribution in [0, 0.1) is 0 Å². The van der Waals surface area contributed by atoms with E-state index in [0.29, 0.717) is 17.4 Å². The molecule has 0 spiro atoms. The number of halogens is 3. The van der Waals surface area contributed by atoms with E-state index in [1.165, 1.54) is 0 Å². The fraction of sp³-hybridized carbons (Fsp3) is 0.118. The van der Waals surface area contributed by atoms with Gasteiger partial charge in [-0.25, -0.2) is 0 Å². The quantitative estimate of drug-likeness (QED) is 0.559. The molecule has 0 bridgehead atoms. The largest absolute Gasteiger partial charge is 0.280 e. The SMILES string of the molecule is ClCc1nnc2n1-c1cc(Br)ccc1C(c1cccc(Cl)c1)=NC2. The summed E-state index contributed by atoms with van der Waals surface area (Å²) >= 11 is 15.8. The van der Waals surface area contributed by atoms with Crippen LogP contribution >= 0.6 is 39.1 Å². The number of rotatable bonds is 2. The molecule has 0 saturated carbocycles. The Bertz CT molecular complexity index is 965. The fourth-order valence-corrected chi connectivity index (χ4v) is 3.54. The standard InChI is InChI=1S/C17H11BrCl2N4/c18-11-4-5-13-14(7-11)24-15(8-19)22-23-16(24)9-21-17(13)10-2-1-3-12(20)6-10/h1-7H,8-9H2. The zero-order chi connectivity index (χ0) is 16.7. The van der Waals surface area contributed by atoms with Crippen LogP contribution in [-0.4, -0.2) is 20.5 Å². The molecule has 7 heteroatoms. The van der Waals surface area contributed by atoms with Gasteiger partial charge in [-0.1, -0.05) is 39.7 Å². The number of fused-ring (bicyclic) bond motifs is 3. The summed E-state index contributed by atoms with van der Waals surface area (Å²) in [6.45, 7) is 0.429. The van der Waals surface area contributed by atoms with Gasteiger partial charge < -0.3 is 0 Å². The van der Waals surface area contributed by atoms with Crippen molar-refractivity contribution in [1.29, 1.82) is 0 Å². The number of nitrogens with zero attached hydrogens (tertiary/aromatic N) is 4. The molecule has 0 atom stereocenters. The smallest absolute Gasteiger partial charge is 0.159 e. The predicted octanol–water partition coefficient (Wildman–Crippen LogP) is 4.77. The fourth-order valence-electron chi connectivity index (χ4n) is 2.83. The average molecular weight is 422 g/mol. The van der Waals surface area contributed by atoms with E-state index in [4.69, 9.17) is 28.2 Å². The van der Waals surface area contributed by atoms with Crippen molar-refractivity contribution in [3.05, 3.63) is 74.7 Å². The van der Waals surface area contributed by atoms with Gasteiger partial charge in [0.2, 0.25) is 0 Å². The molecule has 120 valence electrons. The molecule has 3 aromatic rings. The van der Waals surface area contributed by atoms with Crippen molar-refractivity contribution in [1.82, 2.24) is 14.8 Å². The van der Waals surface area contributed by atoms with Crippen LogP contribution in [0.1, 0.15) is 22.8 Å². The Morgan fingerprint density at radius 2 is 2.00 bits per heavy atom.